The lowest BCUT2D eigenvalue weighted by Crippen LogP contribution is -2.25. The summed E-state index contributed by atoms with van der Waals surface area (Å²) in [6.45, 7) is 2.25. The molecule has 0 spiro atoms. The quantitative estimate of drug-likeness (QED) is 0.906. The third-order valence-electron chi connectivity index (χ3n) is 3.05. The van der Waals surface area contributed by atoms with Gasteiger partial charge in [0.05, 0.1) is 10.4 Å². The second-order valence-electron chi connectivity index (χ2n) is 4.63. The van der Waals surface area contributed by atoms with Crippen molar-refractivity contribution in [3.05, 3.63) is 57.3 Å². The van der Waals surface area contributed by atoms with Crippen molar-refractivity contribution in [1.29, 1.82) is 0 Å². The molecule has 0 bridgehead atoms. The van der Waals surface area contributed by atoms with Gasteiger partial charge in [0.25, 0.3) is 5.91 Å². The van der Waals surface area contributed by atoms with Gasteiger partial charge in [-0.3, -0.25) is 4.79 Å². The van der Waals surface area contributed by atoms with Crippen molar-refractivity contribution in [2.75, 3.05) is 6.54 Å². The molecule has 0 fully saturated rings. The number of benzene rings is 1. The van der Waals surface area contributed by atoms with E-state index in [2.05, 4.69) is 5.32 Å². The van der Waals surface area contributed by atoms with Crippen molar-refractivity contribution < 1.29 is 18.0 Å². The molecule has 21 heavy (non-hydrogen) atoms. The van der Waals surface area contributed by atoms with Crippen LogP contribution in [0.4, 0.5) is 13.2 Å². The van der Waals surface area contributed by atoms with E-state index < -0.39 is 11.7 Å². The largest absolute Gasteiger partial charge is 0.416 e. The van der Waals surface area contributed by atoms with Crippen LogP contribution in [0.3, 0.4) is 0 Å². The summed E-state index contributed by atoms with van der Waals surface area (Å²) in [4.78, 5) is 12.5. The molecule has 112 valence electrons. The van der Waals surface area contributed by atoms with Crippen molar-refractivity contribution in [3.63, 3.8) is 0 Å². The number of alkyl halides is 3. The molecule has 0 saturated heterocycles. The first-order chi connectivity index (χ1) is 9.88. The van der Waals surface area contributed by atoms with Crippen LogP contribution in [-0.4, -0.2) is 12.5 Å². The first-order valence-corrected chi connectivity index (χ1v) is 7.24. The maximum Gasteiger partial charge on any atom is 0.416 e. The monoisotopic (exact) mass is 313 g/mol. The number of hydrogen-bond acceptors (Lipinski definition) is 2. The minimum atomic E-state index is -4.32. The molecule has 1 amide bonds. The third-order valence-corrected chi connectivity index (χ3v) is 4.06. The minimum absolute atomic E-state index is 0.144. The Hall–Kier alpha value is -1.82. The van der Waals surface area contributed by atoms with E-state index in [9.17, 15) is 18.0 Å². The number of carbonyl (C=O) groups excluding carboxylic acids is 1. The number of aryl methyl sites for hydroxylation is 1. The van der Waals surface area contributed by atoms with Gasteiger partial charge < -0.3 is 5.32 Å². The summed E-state index contributed by atoms with van der Waals surface area (Å²) in [6, 6.07) is 6.85. The second-order valence-corrected chi connectivity index (χ2v) is 5.55. The Morgan fingerprint density at radius 3 is 2.38 bits per heavy atom. The standard InChI is InChI=1S/C15H14F3NOS/c1-10-7-9-21-13(10)14(20)19-8-6-11-2-4-12(5-3-11)15(16,17)18/h2-5,7,9H,6,8H2,1H3,(H,19,20). The van der Waals surface area contributed by atoms with Gasteiger partial charge >= 0.3 is 6.18 Å². The van der Waals surface area contributed by atoms with Crippen LogP contribution >= 0.6 is 11.3 Å². The highest BCUT2D eigenvalue weighted by Crippen LogP contribution is 2.29. The van der Waals surface area contributed by atoms with Crippen LogP contribution < -0.4 is 5.32 Å². The Morgan fingerprint density at radius 2 is 1.86 bits per heavy atom. The molecule has 2 nitrogen and oxygen atoms in total. The zero-order valence-electron chi connectivity index (χ0n) is 11.3. The molecule has 1 aromatic heterocycles. The van der Waals surface area contributed by atoms with Crippen molar-refractivity contribution >= 4 is 17.2 Å². The molecule has 2 aromatic rings. The van der Waals surface area contributed by atoms with Gasteiger partial charge in [-0.2, -0.15) is 13.2 Å². The summed E-state index contributed by atoms with van der Waals surface area (Å²) in [5.74, 6) is -0.144. The lowest BCUT2D eigenvalue weighted by atomic mass is 10.1. The van der Waals surface area contributed by atoms with E-state index in [0.717, 1.165) is 23.3 Å². The summed E-state index contributed by atoms with van der Waals surface area (Å²) in [5, 5.41) is 4.62. The Bertz CT molecular complexity index is 617. The van der Waals surface area contributed by atoms with E-state index in [0.29, 0.717) is 17.8 Å². The van der Waals surface area contributed by atoms with Crippen LogP contribution in [0.1, 0.15) is 26.4 Å². The van der Waals surface area contributed by atoms with E-state index in [1.165, 1.54) is 23.5 Å². The van der Waals surface area contributed by atoms with Crippen molar-refractivity contribution in [1.82, 2.24) is 5.32 Å². The van der Waals surface area contributed by atoms with Gasteiger partial charge in [0.15, 0.2) is 0 Å². The lowest BCUT2D eigenvalue weighted by Gasteiger charge is -2.08. The van der Waals surface area contributed by atoms with E-state index in [1.54, 1.807) is 0 Å². The fraction of sp³-hybridized carbons (Fsp3) is 0.267. The number of hydrogen-bond donors (Lipinski definition) is 1. The molecular formula is C15H14F3NOS. The summed E-state index contributed by atoms with van der Waals surface area (Å²) in [7, 11) is 0. The molecule has 0 atom stereocenters. The first kappa shape index (κ1) is 15.6. The molecule has 0 saturated carbocycles. The van der Waals surface area contributed by atoms with Crippen molar-refractivity contribution in [2.24, 2.45) is 0 Å². The molecule has 6 heteroatoms. The van der Waals surface area contributed by atoms with E-state index in [4.69, 9.17) is 0 Å². The van der Waals surface area contributed by atoms with E-state index in [-0.39, 0.29) is 5.91 Å². The number of amides is 1. The predicted molar refractivity (Wildman–Crippen MR) is 76.5 cm³/mol. The topological polar surface area (TPSA) is 29.1 Å². The van der Waals surface area contributed by atoms with Crippen molar-refractivity contribution in [2.45, 2.75) is 19.5 Å². The smallest absolute Gasteiger partial charge is 0.351 e. The third kappa shape index (κ3) is 4.07. The van der Waals surface area contributed by atoms with Gasteiger partial charge in [-0.05, 0) is 48.1 Å². The van der Waals surface area contributed by atoms with Gasteiger partial charge in [-0.15, -0.1) is 11.3 Å². The summed E-state index contributed by atoms with van der Waals surface area (Å²) < 4.78 is 37.2. The van der Waals surface area contributed by atoms with Gasteiger partial charge in [-0.25, -0.2) is 0 Å². The predicted octanol–water partition coefficient (Wildman–Crippen LogP) is 4.05. The minimum Gasteiger partial charge on any atom is -0.351 e. The Kier molecular flexibility index (Phi) is 4.67. The van der Waals surface area contributed by atoms with E-state index >= 15 is 0 Å². The fourth-order valence-corrected chi connectivity index (χ4v) is 2.71. The lowest BCUT2D eigenvalue weighted by molar-refractivity contribution is -0.137. The van der Waals surface area contributed by atoms with Crippen LogP contribution in [-0.2, 0) is 12.6 Å². The van der Waals surface area contributed by atoms with Crippen LogP contribution in [0.25, 0.3) is 0 Å². The maximum atomic E-state index is 12.4. The zero-order chi connectivity index (χ0) is 15.5. The molecule has 0 aliphatic carbocycles. The van der Waals surface area contributed by atoms with Crippen LogP contribution in [0.5, 0.6) is 0 Å². The molecule has 0 unspecified atom stereocenters. The van der Waals surface area contributed by atoms with Gasteiger partial charge in [0.2, 0.25) is 0 Å². The highest BCUT2D eigenvalue weighted by atomic mass is 32.1. The van der Waals surface area contributed by atoms with Gasteiger partial charge in [0, 0.05) is 6.54 Å². The Morgan fingerprint density at radius 1 is 1.19 bits per heavy atom. The summed E-state index contributed by atoms with van der Waals surface area (Å²) >= 11 is 1.37. The van der Waals surface area contributed by atoms with Gasteiger partial charge in [-0.1, -0.05) is 12.1 Å². The summed E-state index contributed by atoms with van der Waals surface area (Å²) in [6.07, 6.45) is -3.82. The molecule has 0 aliphatic heterocycles. The number of nitrogens with one attached hydrogen (secondary N) is 1. The number of rotatable bonds is 4. The average molecular weight is 313 g/mol. The molecule has 0 radical (unpaired) electrons. The second kappa shape index (κ2) is 6.30. The average Bonchev–Trinajstić information content (AvgIpc) is 2.84. The summed E-state index contributed by atoms with van der Waals surface area (Å²) in [5.41, 5.74) is 1.02. The molecule has 2 rings (SSSR count). The van der Waals surface area contributed by atoms with Crippen molar-refractivity contribution in [3.8, 4) is 0 Å². The molecule has 1 aromatic carbocycles. The van der Waals surface area contributed by atoms with Crippen LogP contribution in [0, 0.1) is 6.92 Å². The normalized spacial score (nSPS) is 11.4. The van der Waals surface area contributed by atoms with Gasteiger partial charge in [0.1, 0.15) is 0 Å². The highest BCUT2D eigenvalue weighted by Gasteiger charge is 2.29. The number of thiophene rings is 1. The Labute approximate surface area is 124 Å². The SMILES string of the molecule is Cc1ccsc1C(=O)NCCc1ccc(C(F)(F)F)cc1. The first-order valence-electron chi connectivity index (χ1n) is 6.36. The Balaban J connectivity index is 1.87. The van der Waals surface area contributed by atoms with E-state index in [1.807, 2.05) is 18.4 Å². The van der Waals surface area contributed by atoms with Crippen LogP contribution in [0.2, 0.25) is 0 Å². The molecule has 0 aliphatic rings. The maximum absolute atomic E-state index is 12.4. The number of carbonyl (C=O) groups is 1. The number of halogens is 3. The molecular weight excluding hydrogens is 299 g/mol. The fourth-order valence-electron chi connectivity index (χ4n) is 1.87. The highest BCUT2D eigenvalue weighted by molar-refractivity contribution is 7.12. The van der Waals surface area contributed by atoms with Crippen LogP contribution in [0.15, 0.2) is 35.7 Å². The zero-order valence-corrected chi connectivity index (χ0v) is 12.1. The molecule has 1 heterocycles. The molecule has 1 N–H and O–H groups in total.